The fraction of sp³-hybridized carbons (Fsp3) is 0.0833. The van der Waals surface area contributed by atoms with E-state index in [-0.39, 0.29) is 30.6 Å². The normalized spacial score (nSPS) is 14.8. The summed E-state index contributed by atoms with van der Waals surface area (Å²) in [6.07, 6.45) is 1.62. The standard InChI is InChI=1S/C24H16FNO6/c25-17-3-1-2-4-18(17)26-23(27)12-29-15-6-7-16-20(11-15)32-22(24(16)28)10-14-5-8-19-21(9-14)31-13-30-19/h1-11H,12-13H2,(H,26,27). The average Bonchev–Trinajstić information content (AvgIpc) is 3.38. The fourth-order valence-electron chi connectivity index (χ4n) is 3.31. The SMILES string of the molecule is O=C(COc1ccc2c(c1)OC(=Cc1ccc3c(c1)OCO3)C2=O)Nc1ccccc1F. The van der Waals surface area contributed by atoms with Crippen molar-refractivity contribution in [1.29, 1.82) is 0 Å². The maximum Gasteiger partial charge on any atom is 0.262 e. The number of carbonyl (C=O) groups excluding carboxylic acids is 2. The van der Waals surface area contributed by atoms with Gasteiger partial charge in [-0.3, -0.25) is 9.59 Å². The topological polar surface area (TPSA) is 83.1 Å². The van der Waals surface area contributed by atoms with Gasteiger partial charge in [-0.2, -0.15) is 0 Å². The van der Waals surface area contributed by atoms with Crippen LogP contribution in [0.15, 0.2) is 66.4 Å². The number of carbonyl (C=O) groups is 2. The van der Waals surface area contributed by atoms with Gasteiger partial charge in [-0.15, -0.1) is 0 Å². The van der Waals surface area contributed by atoms with Gasteiger partial charge in [0.2, 0.25) is 12.6 Å². The van der Waals surface area contributed by atoms with E-state index in [1.54, 1.807) is 42.5 Å². The fourth-order valence-corrected chi connectivity index (χ4v) is 3.31. The van der Waals surface area contributed by atoms with Crippen molar-refractivity contribution in [3.05, 3.63) is 83.4 Å². The van der Waals surface area contributed by atoms with Gasteiger partial charge in [0, 0.05) is 6.07 Å². The van der Waals surface area contributed by atoms with Gasteiger partial charge in [0.1, 0.15) is 17.3 Å². The van der Waals surface area contributed by atoms with Crippen LogP contribution in [0.25, 0.3) is 6.08 Å². The molecule has 32 heavy (non-hydrogen) atoms. The Kier molecular flexibility index (Phi) is 4.95. The minimum absolute atomic E-state index is 0.0716. The molecule has 1 N–H and O–H groups in total. The maximum absolute atomic E-state index is 13.6. The number of hydrogen-bond acceptors (Lipinski definition) is 6. The Balaban J connectivity index is 1.26. The van der Waals surface area contributed by atoms with Gasteiger partial charge in [0.25, 0.3) is 5.91 Å². The Morgan fingerprint density at radius 1 is 1.03 bits per heavy atom. The maximum atomic E-state index is 13.6. The van der Waals surface area contributed by atoms with Gasteiger partial charge in [-0.25, -0.2) is 4.39 Å². The Bertz CT molecular complexity index is 1270. The van der Waals surface area contributed by atoms with Crippen LogP contribution in [0.5, 0.6) is 23.0 Å². The Labute approximate surface area is 182 Å². The van der Waals surface area contributed by atoms with E-state index in [4.69, 9.17) is 18.9 Å². The van der Waals surface area contributed by atoms with Gasteiger partial charge < -0.3 is 24.3 Å². The number of ketones is 1. The molecule has 160 valence electrons. The molecule has 8 heteroatoms. The summed E-state index contributed by atoms with van der Waals surface area (Å²) in [6, 6.07) is 15.8. The van der Waals surface area contributed by atoms with Gasteiger partial charge in [0.15, 0.2) is 23.9 Å². The molecule has 0 atom stereocenters. The number of hydrogen-bond donors (Lipinski definition) is 1. The zero-order valence-electron chi connectivity index (χ0n) is 16.6. The van der Waals surface area contributed by atoms with Crippen LogP contribution >= 0.6 is 0 Å². The summed E-state index contributed by atoms with van der Waals surface area (Å²) in [7, 11) is 0. The largest absolute Gasteiger partial charge is 0.484 e. The van der Waals surface area contributed by atoms with Crippen LogP contribution in [0.3, 0.4) is 0 Å². The summed E-state index contributed by atoms with van der Waals surface area (Å²) >= 11 is 0. The minimum Gasteiger partial charge on any atom is -0.484 e. The molecular weight excluding hydrogens is 417 g/mol. The third kappa shape index (κ3) is 3.85. The van der Waals surface area contributed by atoms with Crippen molar-refractivity contribution in [2.75, 3.05) is 18.7 Å². The zero-order valence-corrected chi connectivity index (χ0v) is 16.6. The summed E-state index contributed by atoms with van der Waals surface area (Å²) in [4.78, 5) is 24.7. The van der Waals surface area contributed by atoms with Gasteiger partial charge in [-0.05, 0) is 48.0 Å². The molecule has 3 aromatic carbocycles. The van der Waals surface area contributed by atoms with E-state index in [9.17, 15) is 14.0 Å². The molecule has 2 aliphatic heterocycles. The molecule has 7 nitrogen and oxygen atoms in total. The van der Waals surface area contributed by atoms with Crippen LogP contribution in [-0.4, -0.2) is 25.1 Å². The highest BCUT2D eigenvalue weighted by atomic mass is 19.1. The number of anilines is 1. The van der Waals surface area contributed by atoms with Crippen molar-refractivity contribution in [2.45, 2.75) is 0 Å². The molecule has 2 aliphatic rings. The number of allylic oxidation sites excluding steroid dienone is 1. The molecule has 0 spiro atoms. The third-order valence-corrected chi connectivity index (χ3v) is 4.85. The van der Waals surface area contributed by atoms with E-state index >= 15 is 0 Å². The number of rotatable bonds is 5. The lowest BCUT2D eigenvalue weighted by Gasteiger charge is -2.08. The number of nitrogens with one attached hydrogen (secondary N) is 1. The van der Waals surface area contributed by atoms with Crippen molar-refractivity contribution in [3.8, 4) is 23.0 Å². The molecule has 5 rings (SSSR count). The quantitative estimate of drug-likeness (QED) is 0.608. The third-order valence-electron chi connectivity index (χ3n) is 4.85. The van der Waals surface area contributed by atoms with Crippen molar-refractivity contribution >= 4 is 23.5 Å². The highest BCUT2D eigenvalue weighted by Crippen LogP contribution is 2.37. The monoisotopic (exact) mass is 433 g/mol. The Morgan fingerprint density at radius 2 is 1.88 bits per heavy atom. The van der Waals surface area contributed by atoms with Crippen LogP contribution in [0.1, 0.15) is 15.9 Å². The van der Waals surface area contributed by atoms with Gasteiger partial charge >= 0.3 is 0 Å². The van der Waals surface area contributed by atoms with E-state index in [2.05, 4.69) is 5.32 Å². The lowest BCUT2D eigenvalue weighted by Crippen LogP contribution is -2.20. The lowest BCUT2D eigenvalue weighted by molar-refractivity contribution is -0.118. The summed E-state index contributed by atoms with van der Waals surface area (Å²) in [5, 5.41) is 2.44. The molecule has 0 bridgehead atoms. The van der Waals surface area contributed by atoms with Crippen molar-refractivity contribution in [3.63, 3.8) is 0 Å². The number of benzene rings is 3. The molecule has 0 aliphatic carbocycles. The molecule has 0 unspecified atom stereocenters. The molecule has 0 aromatic heterocycles. The number of amides is 1. The Morgan fingerprint density at radius 3 is 2.75 bits per heavy atom. The van der Waals surface area contributed by atoms with Crippen LogP contribution in [0.2, 0.25) is 0 Å². The highest BCUT2D eigenvalue weighted by Gasteiger charge is 2.28. The summed E-state index contributed by atoms with van der Waals surface area (Å²) in [5.41, 5.74) is 1.19. The second-order valence-corrected chi connectivity index (χ2v) is 7.03. The van der Waals surface area contributed by atoms with E-state index in [0.29, 0.717) is 28.6 Å². The Hall–Kier alpha value is -4.33. The van der Waals surface area contributed by atoms with Crippen molar-refractivity contribution in [1.82, 2.24) is 0 Å². The smallest absolute Gasteiger partial charge is 0.262 e. The van der Waals surface area contributed by atoms with Crippen LogP contribution in [0.4, 0.5) is 10.1 Å². The first-order valence-corrected chi connectivity index (χ1v) is 9.72. The highest BCUT2D eigenvalue weighted by molar-refractivity contribution is 6.14. The summed E-state index contributed by atoms with van der Waals surface area (Å²) < 4.78 is 35.5. The number of halogens is 1. The van der Waals surface area contributed by atoms with E-state index in [0.717, 1.165) is 5.56 Å². The molecule has 1 amide bonds. The molecule has 0 radical (unpaired) electrons. The summed E-state index contributed by atoms with van der Waals surface area (Å²) in [5.74, 6) is 0.762. The predicted molar refractivity (Wildman–Crippen MR) is 112 cm³/mol. The number of para-hydroxylation sites is 1. The first-order chi connectivity index (χ1) is 15.6. The van der Waals surface area contributed by atoms with Gasteiger partial charge in [-0.1, -0.05) is 18.2 Å². The molecule has 0 saturated heterocycles. The van der Waals surface area contributed by atoms with Gasteiger partial charge in [0.05, 0.1) is 11.3 Å². The summed E-state index contributed by atoms with van der Waals surface area (Å²) in [6.45, 7) is -0.168. The first-order valence-electron chi connectivity index (χ1n) is 9.72. The molecule has 0 saturated carbocycles. The van der Waals surface area contributed by atoms with Crippen LogP contribution < -0.4 is 24.3 Å². The van der Waals surface area contributed by atoms with E-state index in [1.165, 1.54) is 24.3 Å². The van der Waals surface area contributed by atoms with E-state index < -0.39 is 11.7 Å². The first kappa shape index (κ1) is 19.6. The number of Topliss-reactive ketones (excluding diaryl/α,β-unsaturated/α-hetero) is 1. The average molecular weight is 433 g/mol. The van der Waals surface area contributed by atoms with Crippen LogP contribution in [-0.2, 0) is 4.79 Å². The van der Waals surface area contributed by atoms with Crippen LogP contribution in [0, 0.1) is 5.82 Å². The lowest BCUT2D eigenvalue weighted by atomic mass is 10.1. The molecular formula is C24H16FNO6. The minimum atomic E-state index is -0.535. The van der Waals surface area contributed by atoms with Crippen molar-refractivity contribution < 1.29 is 32.9 Å². The van der Waals surface area contributed by atoms with E-state index in [1.807, 2.05) is 0 Å². The molecule has 0 fully saturated rings. The predicted octanol–water partition coefficient (Wildman–Crippen LogP) is 4.19. The second-order valence-electron chi connectivity index (χ2n) is 7.03. The second kappa shape index (κ2) is 8.07. The molecule has 3 aromatic rings. The zero-order chi connectivity index (χ0) is 22.1. The number of fused-ring (bicyclic) bond motifs is 2. The number of ether oxygens (including phenoxy) is 4. The van der Waals surface area contributed by atoms with Crippen molar-refractivity contribution in [2.24, 2.45) is 0 Å². The molecule has 2 heterocycles.